The highest BCUT2D eigenvalue weighted by Crippen LogP contribution is 2.48. The normalized spacial score (nSPS) is 19.6. The standard InChI is InChI=1S/C45H55N3O3S/c1-6-7-15-31-47-39-25-13-11-23-37(39)44(2,3)41(47)29-27-34-19-18-20-35(43(34)46-36-21-9-8-10-22-36)28-30-42-45(4,5)38-24-12-14-26-40(38)48(42)32-16-17-33-52(49,50)51/h8-14,21-30H,6-7,15-20,31-33H2,1-5H3,(H,49,50,51)/p+1/b34-27+,41-29+. The number of allylic oxidation sites excluding steroid dienone is 7. The van der Waals surface area contributed by atoms with Gasteiger partial charge < -0.3 is 10.2 Å². The van der Waals surface area contributed by atoms with Gasteiger partial charge in [-0.2, -0.15) is 13.0 Å². The number of rotatable bonds is 14. The van der Waals surface area contributed by atoms with Crippen molar-refractivity contribution in [1.29, 1.82) is 0 Å². The number of unbranched alkanes of at least 4 members (excludes halogenated alkanes) is 3. The number of anilines is 2. The van der Waals surface area contributed by atoms with Crippen LogP contribution in [-0.4, -0.2) is 42.1 Å². The van der Waals surface area contributed by atoms with Crippen LogP contribution >= 0.6 is 0 Å². The van der Waals surface area contributed by atoms with Crippen molar-refractivity contribution < 1.29 is 17.5 Å². The average Bonchev–Trinajstić information content (AvgIpc) is 3.47. The fourth-order valence-corrected chi connectivity index (χ4v) is 8.85. The second-order valence-electron chi connectivity index (χ2n) is 15.5. The van der Waals surface area contributed by atoms with Crippen molar-refractivity contribution in [2.45, 2.75) is 96.8 Å². The molecular weight excluding hydrogens is 663 g/mol. The molecule has 0 aromatic heterocycles. The van der Waals surface area contributed by atoms with Gasteiger partial charge in [0.25, 0.3) is 10.1 Å². The molecule has 52 heavy (non-hydrogen) atoms. The average molecular weight is 719 g/mol. The van der Waals surface area contributed by atoms with E-state index in [1.165, 1.54) is 64.3 Å². The lowest BCUT2D eigenvalue weighted by Gasteiger charge is -2.28. The molecule has 6 rings (SSSR count). The molecular formula is C45H56N3O3S+. The number of hydrogen-bond donors (Lipinski definition) is 2. The van der Waals surface area contributed by atoms with Gasteiger partial charge in [-0.3, -0.25) is 4.55 Å². The summed E-state index contributed by atoms with van der Waals surface area (Å²) in [7, 11) is -3.98. The van der Waals surface area contributed by atoms with Crippen LogP contribution in [0.15, 0.2) is 126 Å². The second kappa shape index (κ2) is 15.8. The Morgan fingerprint density at radius 2 is 1.52 bits per heavy atom. The third kappa shape index (κ3) is 8.06. The zero-order valence-electron chi connectivity index (χ0n) is 31.7. The van der Waals surface area contributed by atoms with Gasteiger partial charge in [0, 0.05) is 58.9 Å². The van der Waals surface area contributed by atoms with Gasteiger partial charge in [0.05, 0.1) is 11.2 Å². The maximum absolute atomic E-state index is 11.4. The lowest BCUT2D eigenvalue weighted by atomic mass is 9.81. The van der Waals surface area contributed by atoms with E-state index in [0.29, 0.717) is 19.4 Å². The van der Waals surface area contributed by atoms with Crippen LogP contribution in [0.1, 0.15) is 97.1 Å². The van der Waals surface area contributed by atoms with Crippen LogP contribution in [0.25, 0.3) is 0 Å². The lowest BCUT2D eigenvalue weighted by molar-refractivity contribution is -0.438. The van der Waals surface area contributed by atoms with Crippen molar-refractivity contribution in [2.24, 2.45) is 0 Å². The van der Waals surface area contributed by atoms with Crippen molar-refractivity contribution in [3.63, 3.8) is 0 Å². The molecule has 7 heteroatoms. The van der Waals surface area contributed by atoms with Gasteiger partial charge in [-0.15, -0.1) is 0 Å². The molecule has 3 aliphatic rings. The minimum absolute atomic E-state index is 0.0987. The molecule has 0 bridgehead atoms. The highest BCUT2D eigenvalue weighted by Gasteiger charge is 2.44. The van der Waals surface area contributed by atoms with Crippen molar-refractivity contribution in [2.75, 3.05) is 29.1 Å². The third-order valence-corrected chi connectivity index (χ3v) is 11.9. The zero-order chi connectivity index (χ0) is 36.9. The molecule has 2 heterocycles. The van der Waals surface area contributed by atoms with Crippen molar-refractivity contribution in [1.82, 2.24) is 0 Å². The lowest BCUT2D eigenvalue weighted by Crippen LogP contribution is -2.28. The van der Waals surface area contributed by atoms with Gasteiger partial charge in [-0.1, -0.05) is 100 Å². The molecule has 0 radical (unpaired) electrons. The first-order chi connectivity index (χ1) is 24.9. The van der Waals surface area contributed by atoms with Crippen molar-refractivity contribution in [3.05, 3.63) is 137 Å². The predicted molar refractivity (Wildman–Crippen MR) is 217 cm³/mol. The van der Waals surface area contributed by atoms with Crippen molar-refractivity contribution in [3.8, 4) is 0 Å². The minimum atomic E-state index is -3.98. The van der Waals surface area contributed by atoms with E-state index >= 15 is 0 Å². The number of hydrogen-bond acceptors (Lipinski definition) is 4. The summed E-state index contributed by atoms with van der Waals surface area (Å²) in [5.41, 5.74) is 12.2. The first kappa shape index (κ1) is 37.6. The molecule has 0 fully saturated rings. The van der Waals surface area contributed by atoms with E-state index in [2.05, 4.69) is 153 Å². The molecule has 0 unspecified atom stereocenters. The number of nitrogens with one attached hydrogen (secondary N) is 1. The minimum Gasteiger partial charge on any atom is -0.355 e. The van der Waals surface area contributed by atoms with Gasteiger partial charge >= 0.3 is 0 Å². The van der Waals surface area contributed by atoms with E-state index in [0.717, 1.165) is 37.2 Å². The molecule has 0 amide bonds. The number of benzene rings is 3. The molecule has 2 aliphatic heterocycles. The van der Waals surface area contributed by atoms with E-state index in [4.69, 9.17) is 0 Å². The molecule has 3 aromatic carbocycles. The molecule has 2 N–H and O–H groups in total. The van der Waals surface area contributed by atoms with Crippen LogP contribution in [0, 0.1) is 0 Å². The summed E-state index contributed by atoms with van der Waals surface area (Å²) in [6, 6.07) is 27.9. The van der Waals surface area contributed by atoms with Gasteiger partial charge in [0.2, 0.25) is 5.69 Å². The van der Waals surface area contributed by atoms with E-state index in [-0.39, 0.29) is 16.6 Å². The Labute approximate surface area is 312 Å². The summed E-state index contributed by atoms with van der Waals surface area (Å²) in [5, 5.41) is 3.84. The van der Waals surface area contributed by atoms with Crippen LogP contribution in [0.4, 0.5) is 17.1 Å². The highest BCUT2D eigenvalue weighted by molar-refractivity contribution is 7.85. The SMILES string of the molecule is CCCCCN1/C(=C/C=C2\CCCC(/C=C/C3=[N+](CCCCS(=O)(=O)O)c4ccccc4C3(C)C)=C2Nc2ccccc2)C(C)(C)c2ccccc21. The monoisotopic (exact) mass is 718 g/mol. The van der Waals surface area contributed by atoms with E-state index in [1.807, 2.05) is 0 Å². The Balaban J connectivity index is 1.40. The maximum Gasteiger partial charge on any atom is 0.264 e. The van der Waals surface area contributed by atoms with E-state index in [1.54, 1.807) is 0 Å². The molecule has 0 saturated carbocycles. The molecule has 6 nitrogen and oxygen atoms in total. The molecule has 0 atom stereocenters. The third-order valence-electron chi connectivity index (χ3n) is 11.1. The Hall–Kier alpha value is -4.20. The molecule has 0 saturated heterocycles. The number of nitrogens with zero attached hydrogens (tertiary/aromatic N) is 2. The van der Waals surface area contributed by atoms with Crippen LogP contribution in [0.5, 0.6) is 0 Å². The Morgan fingerprint density at radius 1 is 0.808 bits per heavy atom. The van der Waals surface area contributed by atoms with Crippen LogP contribution in [-0.2, 0) is 20.9 Å². The first-order valence-electron chi connectivity index (χ1n) is 19.1. The van der Waals surface area contributed by atoms with Gasteiger partial charge in [-0.05, 0) is 86.9 Å². The van der Waals surface area contributed by atoms with Crippen LogP contribution in [0.3, 0.4) is 0 Å². The summed E-state index contributed by atoms with van der Waals surface area (Å²) in [4.78, 5) is 2.56. The summed E-state index contributed by atoms with van der Waals surface area (Å²) in [6.45, 7) is 13.2. The van der Waals surface area contributed by atoms with Gasteiger partial charge in [0.15, 0.2) is 5.71 Å². The fraction of sp³-hybridized carbons (Fsp3) is 0.400. The van der Waals surface area contributed by atoms with E-state index in [9.17, 15) is 13.0 Å². The molecule has 3 aromatic rings. The van der Waals surface area contributed by atoms with Gasteiger partial charge in [0.1, 0.15) is 6.54 Å². The predicted octanol–water partition coefficient (Wildman–Crippen LogP) is 10.6. The first-order valence-corrected chi connectivity index (χ1v) is 20.7. The largest absolute Gasteiger partial charge is 0.355 e. The van der Waals surface area contributed by atoms with Crippen LogP contribution in [0.2, 0.25) is 0 Å². The zero-order valence-corrected chi connectivity index (χ0v) is 32.5. The van der Waals surface area contributed by atoms with E-state index < -0.39 is 10.1 Å². The van der Waals surface area contributed by atoms with Crippen molar-refractivity contribution >= 4 is 32.9 Å². The summed E-state index contributed by atoms with van der Waals surface area (Å²) in [5.74, 6) is -0.219. The molecule has 0 spiro atoms. The fourth-order valence-electron chi connectivity index (χ4n) is 8.28. The summed E-state index contributed by atoms with van der Waals surface area (Å²) >= 11 is 0. The summed E-state index contributed by atoms with van der Waals surface area (Å²) in [6.07, 6.45) is 17.0. The number of para-hydroxylation sites is 3. The Bertz CT molecular complexity index is 2030. The quantitative estimate of drug-likeness (QED) is 0.0986. The molecule has 274 valence electrons. The topological polar surface area (TPSA) is 72.7 Å². The second-order valence-corrected chi connectivity index (χ2v) is 17.1. The summed E-state index contributed by atoms with van der Waals surface area (Å²) < 4.78 is 34.5. The Morgan fingerprint density at radius 3 is 2.27 bits per heavy atom. The molecule has 1 aliphatic carbocycles. The highest BCUT2D eigenvalue weighted by atomic mass is 32.2. The maximum atomic E-state index is 11.4. The Kier molecular flexibility index (Phi) is 11.4. The number of fused-ring (bicyclic) bond motifs is 2. The smallest absolute Gasteiger partial charge is 0.264 e. The van der Waals surface area contributed by atoms with Gasteiger partial charge in [-0.25, -0.2) is 0 Å². The van der Waals surface area contributed by atoms with Crippen LogP contribution < -0.4 is 10.2 Å².